The largest absolute Gasteiger partial charge is 0.466 e. The standard InChI is InChI=1S/C16H16N2O2/c1-10-13(9-17)15(12-7-5-4-6-8-12)14(11(2)18-10)16(19)20-3/h4-8,15,18H,1-3H3. The van der Waals surface area contributed by atoms with Crippen LogP contribution in [0, 0.1) is 11.3 Å². The van der Waals surface area contributed by atoms with Crippen LogP contribution in [0.3, 0.4) is 0 Å². The summed E-state index contributed by atoms with van der Waals surface area (Å²) < 4.78 is 4.87. The SMILES string of the molecule is COC(=O)C1=C(C)NC(C)=C(C#N)C1c1ccccc1. The lowest BCUT2D eigenvalue weighted by atomic mass is 9.81. The van der Waals surface area contributed by atoms with Crippen molar-refractivity contribution in [2.45, 2.75) is 19.8 Å². The van der Waals surface area contributed by atoms with E-state index in [1.54, 1.807) is 0 Å². The molecule has 1 heterocycles. The number of dihydropyridines is 1. The minimum absolute atomic E-state index is 0.380. The Morgan fingerprint density at radius 1 is 1.25 bits per heavy atom. The number of allylic oxidation sites excluding steroid dienone is 3. The minimum atomic E-state index is -0.413. The molecule has 0 saturated heterocycles. The van der Waals surface area contributed by atoms with Crippen molar-refractivity contribution in [2.24, 2.45) is 0 Å². The highest BCUT2D eigenvalue weighted by Gasteiger charge is 2.33. The number of methoxy groups -OCH3 is 1. The Balaban J connectivity index is 2.63. The van der Waals surface area contributed by atoms with Crippen molar-refractivity contribution in [3.8, 4) is 6.07 Å². The van der Waals surface area contributed by atoms with Crippen LogP contribution in [0.15, 0.2) is 52.9 Å². The second-order valence-corrected chi connectivity index (χ2v) is 4.65. The molecule has 1 aromatic rings. The third-order valence-corrected chi connectivity index (χ3v) is 3.42. The number of nitrogens with zero attached hydrogens (tertiary/aromatic N) is 1. The predicted octanol–water partition coefficient (Wildman–Crippen LogP) is 2.62. The van der Waals surface area contributed by atoms with Gasteiger partial charge in [0, 0.05) is 11.4 Å². The van der Waals surface area contributed by atoms with Crippen LogP contribution in [0.2, 0.25) is 0 Å². The number of hydrogen-bond acceptors (Lipinski definition) is 4. The number of nitrogens with one attached hydrogen (secondary N) is 1. The third-order valence-electron chi connectivity index (χ3n) is 3.42. The molecule has 1 unspecified atom stereocenters. The van der Waals surface area contributed by atoms with E-state index in [2.05, 4.69) is 11.4 Å². The summed E-state index contributed by atoms with van der Waals surface area (Å²) in [4.78, 5) is 12.1. The summed E-state index contributed by atoms with van der Waals surface area (Å²) in [5.41, 5.74) is 3.43. The van der Waals surface area contributed by atoms with Crippen molar-refractivity contribution in [2.75, 3.05) is 7.11 Å². The zero-order chi connectivity index (χ0) is 14.7. The van der Waals surface area contributed by atoms with Crippen molar-refractivity contribution in [3.63, 3.8) is 0 Å². The normalized spacial score (nSPS) is 18.4. The molecule has 0 fully saturated rings. The molecule has 0 bridgehead atoms. The van der Waals surface area contributed by atoms with Crippen molar-refractivity contribution in [3.05, 3.63) is 58.4 Å². The van der Waals surface area contributed by atoms with Gasteiger partial charge in [-0.3, -0.25) is 0 Å². The van der Waals surface area contributed by atoms with Gasteiger partial charge in [-0.2, -0.15) is 5.26 Å². The minimum Gasteiger partial charge on any atom is -0.466 e. The van der Waals surface area contributed by atoms with E-state index in [9.17, 15) is 10.1 Å². The van der Waals surface area contributed by atoms with Gasteiger partial charge in [-0.1, -0.05) is 30.3 Å². The lowest BCUT2D eigenvalue weighted by Gasteiger charge is -2.28. The van der Waals surface area contributed by atoms with Gasteiger partial charge in [0.1, 0.15) is 0 Å². The van der Waals surface area contributed by atoms with Crippen LogP contribution in [0.4, 0.5) is 0 Å². The van der Waals surface area contributed by atoms with Gasteiger partial charge in [-0.15, -0.1) is 0 Å². The number of carbonyl (C=O) groups excluding carboxylic acids is 1. The molecule has 0 spiro atoms. The molecule has 4 heteroatoms. The lowest BCUT2D eigenvalue weighted by molar-refractivity contribution is -0.136. The van der Waals surface area contributed by atoms with Gasteiger partial charge in [0.2, 0.25) is 0 Å². The van der Waals surface area contributed by atoms with Crippen LogP contribution in [0.5, 0.6) is 0 Å². The summed E-state index contributed by atoms with van der Waals surface area (Å²) in [6.45, 7) is 3.66. The first kappa shape index (κ1) is 13.9. The van der Waals surface area contributed by atoms with Crippen LogP contribution in [0.25, 0.3) is 0 Å². The second kappa shape index (κ2) is 5.62. The van der Waals surface area contributed by atoms with Crippen LogP contribution in [-0.2, 0) is 9.53 Å². The highest BCUT2D eigenvalue weighted by molar-refractivity contribution is 5.92. The van der Waals surface area contributed by atoms with Crippen LogP contribution in [0.1, 0.15) is 25.3 Å². The number of benzene rings is 1. The Bertz CT molecular complexity index is 636. The molecule has 20 heavy (non-hydrogen) atoms. The molecule has 4 nitrogen and oxygen atoms in total. The molecule has 1 atom stereocenters. The fourth-order valence-corrected chi connectivity index (χ4v) is 2.50. The molecule has 102 valence electrons. The zero-order valence-corrected chi connectivity index (χ0v) is 11.7. The van der Waals surface area contributed by atoms with E-state index in [4.69, 9.17) is 4.74 Å². The van der Waals surface area contributed by atoms with E-state index in [0.717, 1.165) is 17.0 Å². The summed E-state index contributed by atoms with van der Waals surface area (Å²) in [5, 5.41) is 12.5. The molecule has 2 rings (SSSR count). The maximum Gasteiger partial charge on any atom is 0.336 e. The van der Waals surface area contributed by atoms with Crippen LogP contribution >= 0.6 is 0 Å². The first-order chi connectivity index (χ1) is 9.60. The average molecular weight is 268 g/mol. The Morgan fingerprint density at radius 2 is 1.90 bits per heavy atom. The van der Waals surface area contributed by atoms with Gasteiger partial charge >= 0.3 is 5.97 Å². The molecule has 0 radical (unpaired) electrons. The number of carbonyl (C=O) groups is 1. The van der Waals surface area contributed by atoms with Gasteiger partial charge in [0.05, 0.1) is 30.2 Å². The second-order valence-electron chi connectivity index (χ2n) is 4.65. The topological polar surface area (TPSA) is 62.1 Å². The van der Waals surface area contributed by atoms with E-state index in [1.165, 1.54) is 7.11 Å². The molecule has 1 aromatic carbocycles. The van der Waals surface area contributed by atoms with Gasteiger partial charge in [0.15, 0.2) is 0 Å². The van der Waals surface area contributed by atoms with Crippen molar-refractivity contribution in [1.29, 1.82) is 5.26 Å². The molecule has 1 N–H and O–H groups in total. The number of hydrogen-bond donors (Lipinski definition) is 1. The lowest BCUT2D eigenvalue weighted by Crippen LogP contribution is -2.28. The number of rotatable bonds is 2. The Kier molecular flexibility index (Phi) is 3.90. The van der Waals surface area contributed by atoms with E-state index < -0.39 is 5.97 Å². The summed E-state index contributed by atoms with van der Waals surface area (Å²) in [6, 6.07) is 11.7. The quantitative estimate of drug-likeness (QED) is 0.837. The molecule has 0 saturated carbocycles. The highest BCUT2D eigenvalue weighted by Crippen LogP contribution is 2.37. The average Bonchev–Trinajstić information content (AvgIpc) is 2.46. The molecule has 0 amide bonds. The fourth-order valence-electron chi connectivity index (χ4n) is 2.50. The van der Waals surface area contributed by atoms with Gasteiger partial charge < -0.3 is 10.1 Å². The van der Waals surface area contributed by atoms with E-state index in [1.807, 2.05) is 44.2 Å². The van der Waals surface area contributed by atoms with Crippen LogP contribution < -0.4 is 5.32 Å². The van der Waals surface area contributed by atoms with E-state index in [0.29, 0.717) is 11.1 Å². The first-order valence-electron chi connectivity index (χ1n) is 6.32. The molecule has 1 aliphatic heterocycles. The predicted molar refractivity (Wildman–Crippen MR) is 75.3 cm³/mol. The Morgan fingerprint density at radius 3 is 2.45 bits per heavy atom. The number of ether oxygens (including phenoxy) is 1. The molecule has 0 aliphatic carbocycles. The Labute approximate surface area is 118 Å². The van der Waals surface area contributed by atoms with Gasteiger partial charge in [-0.05, 0) is 19.4 Å². The summed E-state index contributed by atoms with van der Waals surface area (Å²) in [7, 11) is 1.35. The van der Waals surface area contributed by atoms with Crippen molar-refractivity contribution < 1.29 is 9.53 Å². The maximum absolute atomic E-state index is 12.1. The van der Waals surface area contributed by atoms with Crippen molar-refractivity contribution in [1.82, 2.24) is 5.32 Å². The van der Waals surface area contributed by atoms with E-state index >= 15 is 0 Å². The van der Waals surface area contributed by atoms with Gasteiger partial charge in [0.25, 0.3) is 0 Å². The summed E-state index contributed by atoms with van der Waals surface area (Å²) in [5.74, 6) is -0.793. The zero-order valence-electron chi connectivity index (χ0n) is 11.7. The monoisotopic (exact) mass is 268 g/mol. The van der Waals surface area contributed by atoms with Gasteiger partial charge in [-0.25, -0.2) is 4.79 Å². The van der Waals surface area contributed by atoms with Crippen LogP contribution in [-0.4, -0.2) is 13.1 Å². The van der Waals surface area contributed by atoms with E-state index in [-0.39, 0.29) is 5.92 Å². The van der Waals surface area contributed by atoms with Crippen molar-refractivity contribution >= 4 is 5.97 Å². The third kappa shape index (κ3) is 2.30. The number of esters is 1. The first-order valence-corrected chi connectivity index (χ1v) is 6.32. The Hall–Kier alpha value is -2.54. The fraction of sp³-hybridized carbons (Fsp3) is 0.250. The maximum atomic E-state index is 12.1. The highest BCUT2D eigenvalue weighted by atomic mass is 16.5. The molecular weight excluding hydrogens is 252 g/mol. The molecular formula is C16H16N2O2. The summed E-state index contributed by atoms with van der Waals surface area (Å²) in [6.07, 6.45) is 0. The molecule has 1 aliphatic rings. The number of nitriles is 1. The summed E-state index contributed by atoms with van der Waals surface area (Å²) >= 11 is 0. The molecule has 0 aromatic heterocycles. The smallest absolute Gasteiger partial charge is 0.336 e.